The van der Waals surface area contributed by atoms with Gasteiger partial charge in [0.05, 0.1) is 0 Å². The van der Waals surface area contributed by atoms with Crippen molar-refractivity contribution in [1.29, 1.82) is 0 Å². The maximum Gasteiger partial charge on any atom is 0.0451 e. The molecule has 3 atom stereocenters. The Kier molecular flexibility index (Phi) is 1.61. The zero-order valence-electron chi connectivity index (χ0n) is 5.82. The second kappa shape index (κ2) is 2.02. The molecule has 0 aromatic carbocycles. The largest absolute Gasteiger partial charge is 0.119 e. The Labute approximate surface area is 65.2 Å². The molecule has 0 amide bonds. The highest BCUT2D eigenvalue weighted by atomic mass is 79.9. The highest BCUT2D eigenvalue weighted by Gasteiger charge is 2.57. The molecule has 0 radical (unpaired) electrons. The van der Waals surface area contributed by atoms with Crippen LogP contribution in [0.3, 0.4) is 0 Å². The van der Waals surface area contributed by atoms with E-state index in [-0.39, 0.29) is 5.41 Å². The van der Waals surface area contributed by atoms with Gasteiger partial charge >= 0.3 is 0 Å². The molecule has 1 fully saturated rings. The van der Waals surface area contributed by atoms with E-state index in [9.17, 15) is 0 Å². The summed E-state index contributed by atoms with van der Waals surface area (Å²) < 4.78 is 0. The lowest BCUT2D eigenvalue weighted by molar-refractivity contribution is 0.632. The number of hydrogen-bond acceptors (Lipinski definition) is 0. The predicted molar refractivity (Wildman–Crippen MR) is 43.4 cm³/mol. The van der Waals surface area contributed by atoms with Crippen molar-refractivity contribution in [2.75, 3.05) is 0 Å². The number of terminal acetylenes is 1. The Balaban J connectivity index is 2.61. The molecule has 0 unspecified atom stereocenters. The third-order valence-electron chi connectivity index (χ3n) is 2.34. The van der Waals surface area contributed by atoms with Crippen LogP contribution >= 0.6 is 15.9 Å². The molecule has 1 aliphatic rings. The molecule has 1 saturated carbocycles. The van der Waals surface area contributed by atoms with Crippen LogP contribution < -0.4 is 0 Å². The van der Waals surface area contributed by atoms with Crippen molar-refractivity contribution >= 4 is 15.9 Å². The third kappa shape index (κ3) is 0.809. The lowest BCUT2D eigenvalue weighted by atomic mass is 10.1. The van der Waals surface area contributed by atoms with Gasteiger partial charge in [-0.3, -0.25) is 0 Å². The van der Waals surface area contributed by atoms with E-state index >= 15 is 0 Å². The number of alkyl halides is 1. The molecule has 0 nitrogen and oxygen atoms in total. The summed E-state index contributed by atoms with van der Waals surface area (Å²) in [6, 6.07) is 0. The first kappa shape index (κ1) is 7.15. The molecular formula is C8H11Br. The Morgan fingerprint density at radius 2 is 2.33 bits per heavy atom. The fourth-order valence-corrected chi connectivity index (χ4v) is 2.60. The van der Waals surface area contributed by atoms with Gasteiger partial charge in [-0.1, -0.05) is 35.2 Å². The van der Waals surface area contributed by atoms with E-state index in [0.717, 1.165) is 0 Å². The maximum atomic E-state index is 5.34. The van der Waals surface area contributed by atoms with Crippen LogP contribution in [0.5, 0.6) is 0 Å². The molecule has 1 rings (SSSR count). The van der Waals surface area contributed by atoms with Gasteiger partial charge in [0.25, 0.3) is 0 Å². The summed E-state index contributed by atoms with van der Waals surface area (Å²) in [4.78, 5) is 0.569. The first-order chi connectivity index (χ1) is 4.16. The van der Waals surface area contributed by atoms with Gasteiger partial charge < -0.3 is 0 Å². The molecule has 50 valence electrons. The van der Waals surface area contributed by atoms with Crippen LogP contribution in [0.4, 0.5) is 0 Å². The van der Waals surface area contributed by atoms with Gasteiger partial charge in [0, 0.05) is 10.2 Å². The molecule has 0 saturated heterocycles. The van der Waals surface area contributed by atoms with Gasteiger partial charge in [0.1, 0.15) is 0 Å². The summed E-state index contributed by atoms with van der Waals surface area (Å²) in [7, 11) is 0. The second-order valence-corrected chi connectivity index (χ2v) is 3.83. The van der Waals surface area contributed by atoms with Crippen molar-refractivity contribution in [3.63, 3.8) is 0 Å². The molecule has 0 N–H and O–H groups in total. The average molecular weight is 187 g/mol. The summed E-state index contributed by atoms with van der Waals surface area (Å²) in [6.45, 7) is 4.32. The molecule has 9 heavy (non-hydrogen) atoms. The molecule has 0 spiro atoms. The maximum absolute atomic E-state index is 5.34. The van der Waals surface area contributed by atoms with Gasteiger partial charge in [-0.25, -0.2) is 0 Å². The molecule has 0 aromatic rings. The quantitative estimate of drug-likeness (QED) is 0.436. The molecule has 1 heteroatoms. The minimum absolute atomic E-state index is 0.161. The SMILES string of the molecule is C#C[C@]1(C)[C@H](Br)[C@@H]1CC. The summed E-state index contributed by atoms with van der Waals surface area (Å²) >= 11 is 3.55. The molecule has 0 aliphatic heterocycles. The first-order valence-corrected chi connectivity index (χ1v) is 4.20. The average Bonchev–Trinajstić information content (AvgIpc) is 2.38. The minimum Gasteiger partial charge on any atom is -0.119 e. The van der Waals surface area contributed by atoms with Crippen LogP contribution in [-0.4, -0.2) is 4.83 Å². The van der Waals surface area contributed by atoms with E-state index in [1.54, 1.807) is 0 Å². The van der Waals surface area contributed by atoms with E-state index in [0.29, 0.717) is 10.7 Å². The highest BCUT2D eigenvalue weighted by Crippen LogP contribution is 2.58. The number of hydrogen-bond donors (Lipinski definition) is 0. The first-order valence-electron chi connectivity index (χ1n) is 3.28. The topological polar surface area (TPSA) is 0 Å². The molecule has 0 bridgehead atoms. The summed E-state index contributed by atoms with van der Waals surface area (Å²) in [5.41, 5.74) is 0.161. The molecule has 0 aromatic heterocycles. The molecule has 1 aliphatic carbocycles. The smallest absolute Gasteiger partial charge is 0.0451 e. The van der Waals surface area contributed by atoms with Crippen LogP contribution in [0.2, 0.25) is 0 Å². The summed E-state index contributed by atoms with van der Waals surface area (Å²) in [6.07, 6.45) is 6.54. The van der Waals surface area contributed by atoms with E-state index in [2.05, 4.69) is 35.7 Å². The molecular weight excluding hydrogens is 176 g/mol. The van der Waals surface area contributed by atoms with Crippen LogP contribution in [0.1, 0.15) is 20.3 Å². The fourth-order valence-electron chi connectivity index (χ4n) is 1.36. The van der Waals surface area contributed by atoms with Crippen LogP contribution in [0, 0.1) is 23.7 Å². The van der Waals surface area contributed by atoms with Crippen LogP contribution in [0.25, 0.3) is 0 Å². The Morgan fingerprint density at radius 1 is 1.78 bits per heavy atom. The highest BCUT2D eigenvalue weighted by molar-refractivity contribution is 9.09. The van der Waals surface area contributed by atoms with E-state index in [1.165, 1.54) is 6.42 Å². The Hall–Kier alpha value is 0.0400. The zero-order chi connectivity index (χ0) is 7.07. The monoisotopic (exact) mass is 186 g/mol. The van der Waals surface area contributed by atoms with Crippen molar-refractivity contribution in [3.05, 3.63) is 0 Å². The van der Waals surface area contributed by atoms with Crippen molar-refractivity contribution in [3.8, 4) is 12.3 Å². The van der Waals surface area contributed by atoms with Gasteiger partial charge in [-0.15, -0.1) is 6.42 Å². The fraction of sp³-hybridized carbons (Fsp3) is 0.750. The van der Waals surface area contributed by atoms with Crippen LogP contribution in [-0.2, 0) is 0 Å². The molecule has 0 heterocycles. The van der Waals surface area contributed by atoms with Crippen molar-refractivity contribution in [1.82, 2.24) is 0 Å². The second-order valence-electron chi connectivity index (χ2n) is 2.84. The minimum atomic E-state index is 0.161. The number of rotatable bonds is 1. The zero-order valence-corrected chi connectivity index (χ0v) is 7.40. The van der Waals surface area contributed by atoms with E-state index in [1.807, 2.05) is 0 Å². The van der Waals surface area contributed by atoms with E-state index in [4.69, 9.17) is 6.42 Å². The summed E-state index contributed by atoms with van der Waals surface area (Å²) in [5, 5.41) is 0. The predicted octanol–water partition coefficient (Wildman–Crippen LogP) is 2.43. The van der Waals surface area contributed by atoms with Gasteiger partial charge in [0.15, 0.2) is 0 Å². The van der Waals surface area contributed by atoms with Gasteiger partial charge in [-0.2, -0.15) is 0 Å². The standard InChI is InChI=1S/C8H11Br/c1-4-6-7(9)8(6,3)5-2/h2,6-7H,4H2,1,3H3/t6-,7+,8-/m0/s1. The lowest BCUT2D eigenvalue weighted by Gasteiger charge is -1.95. The number of halogens is 1. The van der Waals surface area contributed by atoms with Crippen molar-refractivity contribution in [2.24, 2.45) is 11.3 Å². The Morgan fingerprint density at radius 3 is 2.44 bits per heavy atom. The van der Waals surface area contributed by atoms with Crippen molar-refractivity contribution < 1.29 is 0 Å². The lowest BCUT2D eigenvalue weighted by Crippen LogP contribution is -1.92. The Bertz CT molecular complexity index is 156. The van der Waals surface area contributed by atoms with Crippen LogP contribution in [0.15, 0.2) is 0 Å². The van der Waals surface area contributed by atoms with Crippen molar-refractivity contribution in [2.45, 2.75) is 25.1 Å². The summed E-state index contributed by atoms with van der Waals surface area (Å²) in [5.74, 6) is 3.53. The van der Waals surface area contributed by atoms with E-state index < -0.39 is 0 Å². The van der Waals surface area contributed by atoms with Gasteiger partial charge in [-0.05, 0) is 12.8 Å². The van der Waals surface area contributed by atoms with Gasteiger partial charge in [0.2, 0.25) is 0 Å². The third-order valence-corrected chi connectivity index (χ3v) is 3.93. The normalized spacial score (nSPS) is 48.2.